The molecule has 0 spiro atoms. The molecule has 0 fully saturated rings. The maximum absolute atomic E-state index is 12.1. The molecule has 7 heteroatoms. The number of amides is 1. The first-order valence-corrected chi connectivity index (χ1v) is 9.29. The highest BCUT2D eigenvalue weighted by Gasteiger charge is 2.16. The summed E-state index contributed by atoms with van der Waals surface area (Å²) in [5.41, 5.74) is 0. The van der Waals surface area contributed by atoms with Crippen molar-refractivity contribution in [3.63, 3.8) is 0 Å². The predicted octanol–water partition coefficient (Wildman–Crippen LogP) is 2.66. The number of carbonyl (C=O) groups excluding carboxylic acids is 1. The highest BCUT2D eigenvalue weighted by molar-refractivity contribution is 7.89. The number of nitrogens with zero attached hydrogens (tertiary/aromatic N) is 1. The summed E-state index contributed by atoms with van der Waals surface area (Å²) >= 11 is 5.79. The van der Waals surface area contributed by atoms with Gasteiger partial charge in [-0.1, -0.05) is 31.5 Å². The summed E-state index contributed by atoms with van der Waals surface area (Å²) in [6.07, 6.45) is 1.93. The second kappa shape index (κ2) is 9.12. The smallest absolute Gasteiger partial charge is 0.240 e. The van der Waals surface area contributed by atoms with E-state index in [4.69, 9.17) is 11.6 Å². The van der Waals surface area contributed by atoms with Gasteiger partial charge in [0.1, 0.15) is 0 Å². The summed E-state index contributed by atoms with van der Waals surface area (Å²) in [5, 5.41) is 0.357. The van der Waals surface area contributed by atoms with Crippen molar-refractivity contribution in [2.45, 2.75) is 38.0 Å². The molecule has 1 N–H and O–H groups in total. The van der Waals surface area contributed by atoms with E-state index in [0.29, 0.717) is 18.1 Å². The van der Waals surface area contributed by atoms with Crippen molar-refractivity contribution in [2.24, 2.45) is 0 Å². The van der Waals surface area contributed by atoms with Gasteiger partial charge in [-0.15, -0.1) is 0 Å². The highest BCUT2D eigenvalue weighted by atomic mass is 35.5. The third-order valence-electron chi connectivity index (χ3n) is 3.08. The summed E-state index contributed by atoms with van der Waals surface area (Å²) in [7, 11) is -3.63. The molecule has 0 heterocycles. The van der Waals surface area contributed by atoms with Crippen LogP contribution in [0.25, 0.3) is 0 Å². The third kappa shape index (κ3) is 5.94. The number of sulfonamides is 1. The monoisotopic (exact) mass is 346 g/mol. The van der Waals surface area contributed by atoms with Crippen LogP contribution in [0.1, 0.15) is 33.1 Å². The van der Waals surface area contributed by atoms with Gasteiger partial charge in [0.05, 0.1) is 4.90 Å². The summed E-state index contributed by atoms with van der Waals surface area (Å²) in [6, 6.07) is 6.03. The molecule has 0 aliphatic rings. The van der Waals surface area contributed by atoms with Gasteiger partial charge >= 0.3 is 0 Å². The van der Waals surface area contributed by atoms with Gasteiger partial charge in [0, 0.05) is 31.1 Å². The van der Waals surface area contributed by atoms with E-state index in [2.05, 4.69) is 4.72 Å². The van der Waals surface area contributed by atoms with Crippen molar-refractivity contribution < 1.29 is 13.2 Å². The molecule has 0 saturated carbocycles. The zero-order valence-electron chi connectivity index (χ0n) is 13.0. The average Bonchev–Trinajstić information content (AvgIpc) is 2.46. The molecule has 1 aromatic carbocycles. The van der Waals surface area contributed by atoms with E-state index in [-0.39, 0.29) is 23.8 Å². The Morgan fingerprint density at radius 3 is 2.41 bits per heavy atom. The maximum Gasteiger partial charge on any atom is 0.240 e. The molecule has 0 aromatic heterocycles. The Balaban J connectivity index is 2.57. The van der Waals surface area contributed by atoms with Crippen molar-refractivity contribution in [1.29, 1.82) is 0 Å². The highest BCUT2D eigenvalue weighted by Crippen LogP contribution is 2.15. The topological polar surface area (TPSA) is 66.5 Å². The second-order valence-corrected chi connectivity index (χ2v) is 7.19. The van der Waals surface area contributed by atoms with Crippen LogP contribution in [0.5, 0.6) is 0 Å². The van der Waals surface area contributed by atoms with Crippen molar-refractivity contribution in [2.75, 3.05) is 19.6 Å². The molecule has 124 valence electrons. The zero-order chi connectivity index (χ0) is 16.6. The van der Waals surface area contributed by atoms with Crippen LogP contribution in [0.3, 0.4) is 0 Å². The van der Waals surface area contributed by atoms with Crippen molar-refractivity contribution in [3.05, 3.63) is 29.3 Å². The first-order valence-electron chi connectivity index (χ1n) is 7.43. The molecule has 0 aliphatic carbocycles. The summed E-state index contributed by atoms with van der Waals surface area (Å²) in [6.45, 7) is 5.51. The van der Waals surface area contributed by atoms with E-state index in [0.717, 1.165) is 12.8 Å². The van der Waals surface area contributed by atoms with E-state index in [1.165, 1.54) is 12.1 Å². The van der Waals surface area contributed by atoms with Gasteiger partial charge < -0.3 is 4.90 Å². The zero-order valence-corrected chi connectivity index (χ0v) is 14.6. The average molecular weight is 347 g/mol. The van der Waals surface area contributed by atoms with Crippen LogP contribution in [0, 0.1) is 0 Å². The van der Waals surface area contributed by atoms with E-state index >= 15 is 0 Å². The first-order chi connectivity index (χ1) is 10.4. The number of halogens is 1. The van der Waals surface area contributed by atoms with Crippen LogP contribution in [-0.4, -0.2) is 38.9 Å². The molecule has 0 unspecified atom stereocenters. The first kappa shape index (κ1) is 18.9. The Morgan fingerprint density at radius 2 is 1.86 bits per heavy atom. The molecule has 0 atom stereocenters. The molecule has 22 heavy (non-hydrogen) atoms. The number of rotatable bonds is 9. The van der Waals surface area contributed by atoms with Gasteiger partial charge in [0.15, 0.2) is 0 Å². The third-order valence-corrected chi connectivity index (χ3v) is 4.77. The molecule has 1 amide bonds. The van der Waals surface area contributed by atoms with Gasteiger partial charge in [-0.2, -0.15) is 0 Å². The molecular weight excluding hydrogens is 324 g/mol. The van der Waals surface area contributed by atoms with E-state index in [1.54, 1.807) is 17.0 Å². The summed E-state index contributed by atoms with van der Waals surface area (Å²) in [5.74, 6) is -0.0301. The van der Waals surface area contributed by atoms with Crippen LogP contribution in [0.2, 0.25) is 5.02 Å². The quantitative estimate of drug-likeness (QED) is 0.747. The number of carbonyl (C=O) groups is 1. The lowest BCUT2D eigenvalue weighted by atomic mass is 10.3. The van der Waals surface area contributed by atoms with E-state index < -0.39 is 10.0 Å². The van der Waals surface area contributed by atoms with Crippen LogP contribution in [0.4, 0.5) is 0 Å². The van der Waals surface area contributed by atoms with Gasteiger partial charge in [0.2, 0.25) is 15.9 Å². The Morgan fingerprint density at radius 1 is 1.23 bits per heavy atom. The Bertz CT molecular complexity index is 584. The molecule has 0 aliphatic heterocycles. The van der Waals surface area contributed by atoms with Crippen LogP contribution in [-0.2, 0) is 14.8 Å². The molecule has 5 nitrogen and oxygen atoms in total. The molecule has 1 rings (SSSR count). The lowest BCUT2D eigenvalue weighted by molar-refractivity contribution is -0.131. The van der Waals surface area contributed by atoms with Gasteiger partial charge in [-0.25, -0.2) is 13.1 Å². The van der Waals surface area contributed by atoms with E-state index in [9.17, 15) is 13.2 Å². The molecular formula is C15H23ClN2O3S. The predicted molar refractivity (Wildman–Crippen MR) is 88.4 cm³/mol. The Hall–Kier alpha value is -1.11. The minimum absolute atomic E-state index is 0.0301. The van der Waals surface area contributed by atoms with Crippen LogP contribution < -0.4 is 4.72 Å². The van der Waals surface area contributed by atoms with E-state index in [1.807, 2.05) is 13.8 Å². The van der Waals surface area contributed by atoms with Gasteiger partial charge in [-0.3, -0.25) is 4.79 Å². The molecule has 0 radical (unpaired) electrons. The standard InChI is InChI=1S/C15H23ClN2O3S/c1-3-10-18(11-4-2)15(19)8-9-17-22(20,21)14-7-5-6-13(16)12-14/h5-7,12,17H,3-4,8-11H2,1-2H3. The lowest BCUT2D eigenvalue weighted by Gasteiger charge is -2.21. The lowest BCUT2D eigenvalue weighted by Crippen LogP contribution is -2.35. The maximum atomic E-state index is 12.1. The number of hydrogen-bond donors (Lipinski definition) is 1. The normalized spacial score (nSPS) is 11.4. The summed E-state index contributed by atoms with van der Waals surface area (Å²) in [4.78, 5) is 13.9. The second-order valence-electron chi connectivity index (χ2n) is 4.99. The molecule has 0 saturated heterocycles. The van der Waals surface area contributed by atoms with Crippen LogP contribution >= 0.6 is 11.6 Å². The fourth-order valence-corrected chi connectivity index (χ4v) is 3.40. The fourth-order valence-electron chi connectivity index (χ4n) is 2.07. The van der Waals surface area contributed by atoms with Gasteiger partial charge in [-0.05, 0) is 31.0 Å². The summed E-state index contributed by atoms with van der Waals surface area (Å²) < 4.78 is 26.6. The minimum Gasteiger partial charge on any atom is -0.343 e. The van der Waals surface area contributed by atoms with Crippen LogP contribution in [0.15, 0.2) is 29.2 Å². The molecule has 0 bridgehead atoms. The number of nitrogens with one attached hydrogen (secondary N) is 1. The Labute approximate surface area is 137 Å². The van der Waals surface area contributed by atoms with Crippen molar-refractivity contribution in [3.8, 4) is 0 Å². The number of hydrogen-bond acceptors (Lipinski definition) is 3. The van der Waals surface area contributed by atoms with Crippen molar-refractivity contribution in [1.82, 2.24) is 9.62 Å². The largest absolute Gasteiger partial charge is 0.343 e. The van der Waals surface area contributed by atoms with Gasteiger partial charge in [0.25, 0.3) is 0 Å². The minimum atomic E-state index is -3.63. The van der Waals surface area contributed by atoms with Crippen molar-refractivity contribution >= 4 is 27.5 Å². The fraction of sp³-hybridized carbons (Fsp3) is 0.533. The number of benzene rings is 1. The molecule has 1 aromatic rings. The Kier molecular flexibility index (Phi) is 7.85. The SMILES string of the molecule is CCCN(CCC)C(=O)CCNS(=O)(=O)c1cccc(Cl)c1.